The number of thiophene rings is 1. The van der Waals surface area contributed by atoms with Crippen LogP contribution in [0.4, 0.5) is 0 Å². The molecule has 1 heterocycles. The van der Waals surface area contributed by atoms with Crippen molar-refractivity contribution < 1.29 is 4.79 Å². The van der Waals surface area contributed by atoms with Gasteiger partial charge in [0.1, 0.15) is 0 Å². The Balaban J connectivity index is 2.71. The van der Waals surface area contributed by atoms with Crippen LogP contribution in [0.1, 0.15) is 59.6 Å². The zero-order chi connectivity index (χ0) is 15.0. The predicted molar refractivity (Wildman–Crippen MR) is 85.8 cm³/mol. The Morgan fingerprint density at radius 2 is 1.90 bits per heavy atom. The highest BCUT2D eigenvalue weighted by Gasteiger charge is 2.14. The molecular formula is C15H27N3OS. The first kappa shape index (κ1) is 17.1. The number of hydrogen-bond donors (Lipinski definition) is 2. The molecule has 0 saturated carbocycles. The monoisotopic (exact) mass is 297 g/mol. The van der Waals surface area contributed by atoms with Crippen molar-refractivity contribution in [3.63, 3.8) is 0 Å². The molecule has 0 aromatic carbocycles. The summed E-state index contributed by atoms with van der Waals surface area (Å²) in [6.45, 7) is 9.70. The Labute approximate surface area is 126 Å². The molecule has 0 spiro atoms. The summed E-state index contributed by atoms with van der Waals surface area (Å²) in [5, 5.41) is 0. The molecule has 4 nitrogen and oxygen atoms in total. The Kier molecular flexibility index (Phi) is 7.80. The molecule has 3 N–H and O–H groups in total. The van der Waals surface area contributed by atoms with E-state index in [9.17, 15) is 4.79 Å². The number of hydrazine groups is 1. The minimum Gasteiger partial charge on any atom is -0.299 e. The second-order valence-corrected chi connectivity index (χ2v) is 6.41. The molecule has 0 atom stereocenters. The number of nitrogens with two attached hydrogens (primary N) is 1. The minimum absolute atomic E-state index is 0.196. The van der Waals surface area contributed by atoms with E-state index in [4.69, 9.17) is 5.84 Å². The van der Waals surface area contributed by atoms with Crippen LogP contribution in [0.3, 0.4) is 0 Å². The zero-order valence-electron chi connectivity index (χ0n) is 12.9. The lowest BCUT2D eigenvalue weighted by atomic mass is 10.2. The number of nitrogen functional groups attached to an aromatic ring is 1. The Bertz CT molecular complexity index is 409. The average Bonchev–Trinajstić information content (AvgIpc) is 2.82. The first-order valence-corrected chi connectivity index (χ1v) is 8.26. The molecule has 1 aromatic heterocycles. The van der Waals surface area contributed by atoms with Gasteiger partial charge in [0.2, 0.25) is 0 Å². The van der Waals surface area contributed by atoms with E-state index in [0.717, 1.165) is 19.6 Å². The number of carbonyl (C=O) groups is 1. The molecule has 5 heteroatoms. The topological polar surface area (TPSA) is 58.4 Å². The van der Waals surface area contributed by atoms with Crippen LogP contribution in [0.2, 0.25) is 0 Å². The predicted octanol–water partition coefficient (Wildman–Crippen LogP) is 3.06. The van der Waals surface area contributed by atoms with Gasteiger partial charge in [0.25, 0.3) is 5.91 Å². The number of aryl methyl sites for hydroxylation is 1. The molecule has 114 valence electrons. The van der Waals surface area contributed by atoms with Gasteiger partial charge in [-0.25, -0.2) is 5.84 Å². The van der Waals surface area contributed by atoms with Crippen LogP contribution in [0.5, 0.6) is 0 Å². The maximum Gasteiger partial charge on any atom is 0.275 e. The lowest BCUT2D eigenvalue weighted by Gasteiger charge is -2.21. The highest BCUT2D eigenvalue weighted by atomic mass is 32.1. The first-order chi connectivity index (χ1) is 9.62. The molecule has 0 bridgehead atoms. The smallest absolute Gasteiger partial charge is 0.275 e. The van der Waals surface area contributed by atoms with Crippen molar-refractivity contribution in [2.24, 2.45) is 5.84 Å². The summed E-state index contributed by atoms with van der Waals surface area (Å²) in [4.78, 5) is 16.0. The molecule has 0 fully saturated rings. The first-order valence-electron chi connectivity index (χ1n) is 7.44. The van der Waals surface area contributed by atoms with Gasteiger partial charge in [0.15, 0.2) is 0 Å². The van der Waals surface area contributed by atoms with Crippen molar-refractivity contribution in [3.05, 3.63) is 21.4 Å². The molecule has 1 rings (SSSR count). The van der Waals surface area contributed by atoms with Gasteiger partial charge < -0.3 is 0 Å². The summed E-state index contributed by atoms with van der Waals surface area (Å²) in [6.07, 6.45) is 4.88. The quantitative estimate of drug-likeness (QED) is 0.418. The fourth-order valence-corrected chi connectivity index (χ4v) is 3.07. The van der Waals surface area contributed by atoms with Gasteiger partial charge in [-0.3, -0.25) is 15.1 Å². The number of rotatable bonds is 9. The van der Waals surface area contributed by atoms with Crippen LogP contribution >= 0.6 is 11.3 Å². The van der Waals surface area contributed by atoms with Crippen LogP contribution in [-0.2, 0) is 6.54 Å². The number of nitrogens with zero attached hydrogens (tertiary/aromatic N) is 1. The maximum absolute atomic E-state index is 11.6. The Hall–Kier alpha value is -0.910. The highest BCUT2D eigenvalue weighted by Crippen LogP contribution is 2.23. The lowest BCUT2D eigenvalue weighted by molar-refractivity contribution is 0.0957. The van der Waals surface area contributed by atoms with Crippen molar-refractivity contribution in [2.75, 3.05) is 13.1 Å². The number of unbranched alkanes of at least 4 members (excludes halogenated alkanes) is 2. The molecule has 0 saturated heterocycles. The molecule has 0 radical (unpaired) electrons. The fraction of sp³-hybridized carbons (Fsp3) is 0.667. The third kappa shape index (κ3) is 5.23. The fourth-order valence-electron chi connectivity index (χ4n) is 2.13. The van der Waals surface area contributed by atoms with E-state index in [0.29, 0.717) is 4.88 Å². The van der Waals surface area contributed by atoms with E-state index in [1.807, 2.05) is 6.07 Å². The van der Waals surface area contributed by atoms with Gasteiger partial charge in [-0.15, -0.1) is 11.3 Å². The van der Waals surface area contributed by atoms with Crippen molar-refractivity contribution in [1.82, 2.24) is 10.3 Å². The number of nitrogens with one attached hydrogen (secondary N) is 1. The summed E-state index contributed by atoms with van der Waals surface area (Å²) in [5.41, 5.74) is 3.45. The van der Waals surface area contributed by atoms with Crippen LogP contribution in [-0.4, -0.2) is 23.9 Å². The number of carbonyl (C=O) groups excluding carboxylic acids is 1. The second-order valence-electron chi connectivity index (χ2n) is 5.15. The molecule has 0 aliphatic heterocycles. The molecule has 0 aliphatic rings. The van der Waals surface area contributed by atoms with Gasteiger partial charge in [-0.2, -0.15) is 0 Å². The molecule has 1 aromatic rings. The standard InChI is InChI=1S/C15H27N3OS/c1-4-6-8-18(9-7-5-2)11-13-10-14(15(19)17-16)20-12(13)3/h10H,4-9,11,16H2,1-3H3,(H,17,19). The molecule has 0 unspecified atom stereocenters. The van der Waals surface area contributed by atoms with Crippen LogP contribution in [0, 0.1) is 6.92 Å². The van der Waals surface area contributed by atoms with Crippen LogP contribution in [0.15, 0.2) is 6.07 Å². The second kappa shape index (κ2) is 9.10. The summed E-state index contributed by atoms with van der Waals surface area (Å²) < 4.78 is 0. The molecule has 0 aliphatic carbocycles. The summed E-state index contributed by atoms with van der Waals surface area (Å²) in [5.74, 6) is 5.00. The van der Waals surface area contributed by atoms with Gasteiger partial charge in [-0.05, 0) is 44.5 Å². The van der Waals surface area contributed by atoms with E-state index in [-0.39, 0.29) is 5.91 Å². The zero-order valence-corrected chi connectivity index (χ0v) is 13.7. The number of hydrogen-bond acceptors (Lipinski definition) is 4. The van der Waals surface area contributed by atoms with Crippen LogP contribution < -0.4 is 11.3 Å². The van der Waals surface area contributed by atoms with Gasteiger partial charge in [0.05, 0.1) is 4.88 Å². The van der Waals surface area contributed by atoms with Crippen molar-refractivity contribution in [2.45, 2.75) is 53.0 Å². The van der Waals surface area contributed by atoms with E-state index in [1.165, 1.54) is 47.5 Å². The average molecular weight is 297 g/mol. The van der Waals surface area contributed by atoms with Crippen molar-refractivity contribution >= 4 is 17.2 Å². The minimum atomic E-state index is -0.196. The van der Waals surface area contributed by atoms with Gasteiger partial charge >= 0.3 is 0 Å². The highest BCUT2D eigenvalue weighted by molar-refractivity contribution is 7.14. The molecule has 20 heavy (non-hydrogen) atoms. The summed E-state index contributed by atoms with van der Waals surface area (Å²) in [6, 6.07) is 1.98. The summed E-state index contributed by atoms with van der Waals surface area (Å²) >= 11 is 1.52. The third-order valence-corrected chi connectivity index (χ3v) is 4.52. The van der Waals surface area contributed by atoms with Crippen molar-refractivity contribution in [3.8, 4) is 0 Å². The SMILES string of the molecule is CCCCN(CCCC)Cc1cc(C(=O)NN)sc1C. The van der Waals surface area contributed by atoms with E-state index < -0.39 is 0 Å². The van der Waals surface area contributed by atoms with E-state index in [2.05, 4.69) is 31.1 Å². The Morgan fingerprint density at radius 3 is 2.40 bits per heavy atom. The normalized spacial score (nSPS) is 11.1. The largest absolute Gasteiger partial charge is 0.299 e. The van der Waals surface area contributed by atoms with E-state index >= 15 is 0 Å². The molecular weight excluding hydrogens is 270 g/mol. The maximum atomic E-state index is 11.6. The van der Waals surface area contributed by atoms with Gasteiger partial charge in [0, 0.05) is 11.4 Å². The van der Waals surface area contributed by atoms with E-state index in [1.54, 1.807) is 0 Å². The van der Waals surface area contributed by atoms with Crippen molar-refractivity contribution in [1.29, 1.82) is 0 Å². The third-order valence-electron chi connectivity index (χ3n) is 3.43. The molecule has 1 amide bonds. The Morgan fingerprint density at radius 1 is 1.30 bits per heavy atom. The number of amides is 1. The summed E-state index contributed by atoms with van der Waals surface area (Å²) in [7, 11) is 0. The lowest BCUT2D eigenvalue weighted by Crippen LogP contribution is -2.29. The van der Waals surface area contributed by atoms with Crippen LogP contribution in [0.25, 0.3) is 0 Å². The van der Waals surface area contributed by atoms with Gasteiger partial charge in [-0.1, -0.05) is 26.7 Å².